The molecule has 1 amide bonds. The fourth-order valence-corrected chi connectivity index (χ4v) is 3.83. The highest BCUT2D eigenvalue weighted by atomic mass is 35.5. The van der Waals surface area contributed by atoms with Gasteiger partial charge in [0.15, 0.2) is 0 Å². The number of hydrogen-bond acceptors (Lipinski definition) is 4. The van der Waals surface area contributed by atoms with Crippen molar-refractivity contribution in [3.8, 4) is 5.75 Å². The lowest BCUT2D eigenvalue weighted by atomic mass is 10.1. The first-order chi connectivity index (χ1) is 13.7. The number of benzene rings is 2. The number of rotatable bonds is 4. The number of carbonyl (C=O) groups is 1. The summed E-state index contributed by atoms with van der Waals surface area (Å²) < 4.78 is 5.33. The molecule has 144 valence electrons. The van der Waals surface area contributed by atoms with Gasteiger partial charge in [-0.15, -0.1) is 0 Å². The predicted octanol–water partition coefficient (Wildman–Crippen LogP) is 3.85. The Hall–Kier alpha value is -2.63. The Morgan fingerprint density at radius 3 is 2.68 bits per heavy atom. The molecule has 1 aromatic heterocycles. The first kappa shape index (κ1) is 18.7. The number of para-hydroxylation sites is 1. The number of carbonyl (C=O) groups excluding carboxylic acids is 1. The highest BCUT2D eigenvalue weighted by Crippen LogP contribution is 2.25. The Labute approximate surface area is 169 Å². The van der Waals surface area contributed by atoms with Crippen LogP contribution in [0.4, 0.5) is 0 Å². The van der Waals surface area contributed by atoms with Crippen molar-refractivity contribution in [1.82, 2.24) is 14.8 Å². The number of halogens is 1. The monoisotopic (exact) mass is 395 g/mol. The molecule has 0 unspecified atom stereocenters. The minimum atomic E-state index is -0.0363. The topological polar surface area (TPSA) is 45.7 Å². The van der Waals surface area contributed by atoms with E-state index >= 15 is 0 Å². The van der Waals surface area contributed by atoms with Gasteiger partial charge in [-0.2, -0.15) is 0 Å². The van der Waals surface area contributed by atoms with Crippen molar-refractivity contribution >= 4 is 28.4 Å². The van der Waals surface area contributed by atoms with Crippen LogP contribution in [0.5, 0.6) is 5.75 Å². The van der Waals surface area contributed by atoms with Crippen molar-refractivity contribution < 1.29 is 9.53 Å². The zero-order valence-electron chi connectivity index (χ0n) is 15.8. The van der Waals surface area contributed by atoms with E-state index in [2.05, 4.69) is 34.1 Å². The van der Waals surface area contributed by atoms with Crippen LogP contribution < -0.4 is 4.74 Å². The number of aromatic nitrogens is 1. The summed E-state index contributed by atoms with van der Waals surface area (Å²) in [6.45, 7) is 3.81. The maximum Gasteiger partial charge on any atom is 0.257 e. The second kappa shape index (κ2) is 8.17. The Kier molecular flexibility index (Phi) is 5.46. The Morgan fingerprint density at radius 2 is 1.89 bits per heavy atom. The van der Waals surface area contributed by atoms with Crippen LogP contribution in [0.25, 0.3) is 10.9 Å². The second-order valence-corrected chi connectivity index (χ2v) is 7.34. The number of piperazine rings is 1. The van der Waals surface area contributed by atoms with Gasteiger partial charge in [-0.05, 0) is 29.8 Å². The number of methoxy groups -OCH3 is 1. The van der Waals surface area contributed by atoms with Gasteiger partial charge in [0.25, 0.3) is 5.91 Å². The van der Waals surface area contributed by atoms with E-state index in [9.17, 15) is 4.79 Å². The summed E-state index contributed by atoms with van der Waals surface area (Å²) >= 11 is 6.08. The molecule has 3 aromatic rings. The van der Waals surface area contributed by atoms with Crippen LogP contribution in [-0.2, 0) is 6.54 Å². The van der Waals surface area contributed by atoms with Gasteiger partial charge in [0.1, 0.15) is 5.75 Å². The summed E-state index contributed by atoms with van der Waals surface area (Å²) in [5.74, 6) is 0.518. The van der Waals surface area contributed by atoms with Gasteiger partial charge in [0.05, 0.1) is 18.2 Å². The van der Waals surface area contributed by atoms with Crippen molar-refractivity contribution in [3.63, 3.8) is 0 Å². The summed E-state index contributed by atoms with van der Waals surface area (Å²) in [6, 6.07) is 15.5. The predicted molar refractivity (Wildman–Crippen MR) is 111 cm³/mol. The minimum absolute atomic E-state index is 0.0363. The van der Waals surface area contributed by atoms with Crippen LogP contribution >= 0.6 is 11.6 Å². The maximum absolute atomic E-state index is 12.9. The molecule has 28 heavy (non-hydrogen) atoms. The molecule has 1 fully saturated rings. The van der Waals surface area contributed by atoms with Crippen molar-refractivity contribution in [2.75, 3.05) is 33.3 Å². The molecule has 2 aromatic carbocycles. The van der Waals surface area contributed by atoms with Crippen LogP contribution in [0.2, 0.25) is 5.02 Å². The number of hydrogen-bond donors (Lipinski definition) is 0. The summed E-state index contributed by atoms with van der Waals surface area (Å²) in [4.78, 5) is 21.7. The molecular weight excluding hydrogens is 374 g/mol. The molecule has 6 heteroatoms. The van der Waals surface area contributed by atoms with Crippen LogP contribution in [0.1, 0.15) is 15.9 Å². The van der Waals surface area contributed by atoms with E-state index in [-0.39, 0.29) is 5.91 Å². The standard InChI is InChI=1S/C22H22ClN3O2/c1-28-20-8-7-18(23)14-19(20)22(27)26-12-10-25(11-13-26)15-17-5-2-4-16-6-3-9-24-21(16)17/h2-9,14H,10-13,15H2,1H3. The van der Waals surface area contributed by atoms with Crippen LogP contribution in [0, 0.1) is 0 Å². The van der Waals surface area contributed by atoms with Gasteiger partial charge in [-0.1, -0.05) is 35.9 Å². The molecular formula is C22H22ClN3O2. The van der Waals surface area contributed by atoms with Crippen molar-refractivity contribution in [3.05, 3.63) is 70.9 Å². The van der Waals surface area contributed by atoms with Crippen molar-refractivity contribution in [2.24, 2.45) is 0 Å². The molecule has 1 aliphatic rings. The highest BCUT2D eigenvalue weighted by molar-refractivity contribution is 6.31. The smallest absolute Gasteiger partial charge is 0.257 e. The van der Waals surface area contributed by atoms with Crippen molar-refractivity contribution in [2.45, 2.75) is 6.54 Å². The Bertz CT molecular complexity index is 995. The average Bonchev–Trinajstić information content (AvgIpc) is 2.74. The largest absolute Gasteiger partial charge is 0.496 e. The molecule has 0 aliphatic carbocycles. The normalized spacial score (nSPS) is 15.0. The SMILES string of the molecule is COc1ccc(Cl)cc1C(=O)N1CCN(Cc2cccc3cccnc23)CC1. The number of ether oxygens (including phenoxy) is 1. The first-order valence-corrected chi connectivity index (χ1v) is 9.71. The highest BCUT2D eigenvalue weighted by Gasteiger charge is 2.24. The van der Waals surface area contributed by atoms with E-state index in [0.717, 1.165) is 30.5 Å². The van der Waals surface area contributed by atoms with Gasteiger partial charge < -0.3 is 9.64 Å². The molecule has 1 saturated heterocycles. The van der Waals surface area contributed by atoms with Crippen LogP contribution in [0.3, 0.4) is 0 Å². The van der Waals surface area contributed by atoms with E-state index < -0.39 is 0 Å². The first-order valence-electron chi connectivity index (χ1n) is 9.33. The lowest BCUT2D eigenvalue weighted by Crippen LogP contribution is -2.48. The molecule has 1 aliphatic heterocycles. The number of pyridine rings is 1. The zero-order valence-corrected chi connectivity index (χ0v) is 16.5. The number of amides is 1. The molecule has 5 nitrogen and oxygen atoms in total. The quantitative estimate of drug-likeness (QED) is 0.673. The molecule has 4 rings (SSSR count). The summed E-state index contributed by atoms with van der Waals surface area (Å²) in [5.41, 5.74) is 2.78. The second-order valence-electron chi connectivity index (χ2n) is 6.91. The van der Waals surface area contributed by atoms with Gasteiger partial charge in [-0.25, -0.2) is 0 Å². The fourth-order valence-electron chi connectivity index (χ4n) is 3.66. The van der Waals surface area contributed by atoms with Crippen molar-refractivity contribution in [1.29, 1.82) is 0 Å². The Morgan fingerprint density at radius 1 is 1.11 bits per heavy atom. The molecule has 0 bridgehead atoms. The molecule has 2 heterocycles. The third-order valence-corrected chi connectivity index (χ3v) is 5.40. The van der Waals surface area contributed by atoms with Gasteiger partial charge in [-0.3, -0.25) is 14.7 Å². The molecule has 0 saturated carbocycles. The third-order valence-electron chi connectivity index (χ3n) is 5.16. The Balaban J connectivity index is 1.43. The van der Waals surface area contributed by atoms with E-state index in [0.29, 0.717) is 29.4 Å². The molecule has 0 spiro atoms. The van der Waals surface area contributed by atoms with E-state index in [1.807, 2.05) is 17.2 Å². The fraction of sp³-hybridized carbons (Fsp3) is 0.273. The summed E-state index contributed by atoms with van der Waals surface area (Å²) in [6.07, 6.45) is 1.83. The summed E-state index contributed by atoms with van der Waals surface area (Å²) in [7, 11) is 1.57. The van der Waals surface area contributed by atoms with Crippen LogP contribution in [0.15, 0.2) is 54.7 Å². The van der Waals surface area contributed by atoms with E-state index in [1.54, 1.807) is 25.3 Å². The minimum Gasteiger partial charge on any atom is -0.496 e. The number of fused-ring (bicyclic) bond motifs is 1. The number of nitrogens with zero attached hydrogens (tertiary/aromatic N) is 3. The van der Waals surface area contributed by atoms with E-state index in [4.69, 9.17) is 16.3 Å². The van der Waals surface area contributed by atoms with Gasteiger partial charge >= 0.3 is 0 Å². The lowest BCUT2D eigenvalue weighted by Gasteiger charge is -2.35. The average molecular weight is 396 g/mol. The maximum atomic E-state index is 12.9. The van der Waals surface area contributed by atoms with Gasteiger partial charge in [0.2, 0.25) is 0 Å². The molecule has 0 N–H and O–H groups in total. The summed E-state index contributed by atoms with van der Waals surface area (Å²) in [5, 5.41) is 1.69. The van der Waals surface area contributed by atoms with Gasteiger partial charge in [0, 0.05) is 49.3 Å². The molecule has 0 atom stereocenters. The van der Waals surface area contributed by atoms with E-state index in [1.165, 1.54) is 5.56 Å². The van der Waals surface area contributed by atoms with Crippen LogP contribution in [-0.4, -0.2) is 54.0 Å². The lowest BCUT2D eigenvalue weighted by molar-refractivity contribution is 0.0625. The zero-order chi connectivity index (χ0) is 19.5. The molecule has 0 radical (unpaired) electrons. The third kappa shape index (κ3) is 3.81.